The van der Waals surface area contributed by atoms with Crippen molar-refractivity contribution in [2.75, 3.05) is 44.4 Å². The monoisotopic (exact) mass is 297 g/mol. The molecule has 1 aromatic rings. The average molecular weight is 297 g/mol. The van der Waals surface area contributed by atoms with E-state index in [1.165, 1.54) is 16.2 Å². The molecular weight excluding hydrogens is 278 g/mol. The van der Waals surface area contributed by atoms with E-state index in [4.69, 9.17) is 5.73 Å². The number of anilines is 2. The third kappa shape index (κ3) is 3.19. The summed E-state index contributed by atoms with van der Waals surface area (Å²) in [5, 5.41) is 3.35. The quantitative estimate of drug-likeness (QED) is 0.825. The van der Waals surface area contributed by atoms with Crippen molar-refractivity contribution >= 4 is 34.1 Å². The Bertz CT molecular complexity index is 508. The van der Waals surface area contributed by atoms with Crippen molar-refractivity contribution in [1.29, 1.82) is 0 Å². The summed E-state index contributed by atoms with van der Waals surface area (Å²) in [7, 11) is 3.28. The van der Waals surface area contributed by atoms with E-state index in [2.05, 4.69) is 15.2 Å². The highest BCUT2D eigenvalue weighted by atomic mass is 32.1. The van der Waals surface area contributed by atoms with Crippen LogP contribution in [0.15, 0.2) is 0 Å². The molecule has 1 saturated heterocycles. The van der Waals surface area contributed by atoms with Crippen LogP contribution in [0, 0.1) is 0 Å². The Hall–Kier alpha value is -1.83. The zero-order valence-corrected chi connectivity index (χ0v) is 12.5. The highest BCUT2D eigenvalue weighted by molar-refractivity contribution is 7.18. The van der Waals surface area contributed by atoms with Gasteiger partial charge in [-0.25, -0.2) is 4.98 Å². The van der Waals surface area contributed by atoms with Gasteiger partial charge < -0.3 is 20.9 Å². The van der Waals surface area contributed by atoms with Crippen molar-refractivity contribution in [3.63, 3.8) is 0 Å². The molecule has 8 heteroatoms. The van der Waals surface area contributed by atoms with Crippen LogP contribution >= 0.6 is 11.3 Å². The Labute approximate surface area is 121 Å². The van der Waals surface area contributed by atoms with Gasteiger partial charge in [0.25, 0.3) is 5.91 Å². The van der Waals surface area contributed by atoms with Gasteiger partial charge in [0, 0.05) is 27.2 Å². The molecule has 0 saturated carbocycles. The van der Waals surface area contributed by atoms with E-state index in [-0.39, 0.29) is 24.2 Å². The van der Waals surface area contributed by atoms with Crippen LogP contribution < -0.4 is 16.0 Å². The average Bonchev–Trinajstić information content (AvgIpc) is 3.04. The van der Waals surface area contributed by atoms with Gasteiger partial charge in [-0.3, -0.25) is 9.59 Å². The van der Waals surface area contributed by atoms with E-state index in [0.717, 1.165) is 31.1 Å². The number of thiazole rings is 1. The van der Waals surface area contributed by atoms with E-state index in [1.54, 1.807) is 14.1 Å². The number of amides is 2. The molecule has 0 radical (unpaired) electrons. The van der Waals surface area contributed by atoms with Crippen LogP contribution in [0.5, 0.6) is 0 Å². The van der Waals surface area contributed by atoms with Crippen molar-refractivity contribution in [2.45, 2.75) is 12.8 Å². The van der Waals surface area contributed by atoms with Gasteiger partial charge in [-0.1, -0.05) is 11.3 Å². The van der Waals surface area contributed by atoms with Crippen molar-refractivity contribution < 1.29 is 9.59 Å². The summed E-state index contributed by atoms with van der Waals surface area (Å²) in [6.45, 7) is 1.86. The van der Waals surface area contributed by atoms with Gasteiger partial charge >= 0.3 is 0 Å². The maximum absolute atomic E-state index is 12.0. The van der Waals surface area contributed by atoms with Gasteiger partial charge in [0.2, 0.25) is 5.91 Å². The summed E-state index contributed by atoms with van der Waals surface area (Å²) < 4.78 is 0. The minimum absolute atomic E-state index is 0.0395. The molecule has 0 aliphatic carbocycles. The second-order valence-corrected chi connectivity index (χ2v) is 5.85. The molecule has 0 aromatic carbocycles. The Morgan fingerprint density at radius 1 is 1.40 bits per heavy atom. The molecule has 3 N–H and O–H groups in total. The first-order chi connectivity index (χ1) is 9.49. The molecule has 20 heavy (non-hydrogen) atoms. The Morgan fingerprint density at radius 2 is 2.05 bits per heavy atom. The Balaban J connectivity index is 2.01. The van der Waals surface area contributed by atoms with E-state index in [1.807, 2.05) is 0 Å². The van der Waals surface area contributed by atoms with Crippen LogP contribution in [0.2, 0.25) is 0 Å². The topological polar surface area (TPSA) is 91.6 Å². The summed E-state index contributed by atoms with van der Waals surface area (Å²) >= 11 is 1.28. The Morgan fingerprint density at radius 3 is 2.65 bits per heavy atom. The molecule has 0 atom stereocenters. The van der Waals surface area contributed by atoms with Crippen LogP contribution in [0.25, 0.3) is 0 Å². The molecule has 2 rings (SSSR count). The molecule has 1 aromatic heterocycles. The van der Waals surface area contributed by atoms with Crippen molar-refractivity contribution in [3.05, 3.63) is 4.88 Å². The van der Waals surface area contributed by atoms with Gasteiger partial charge in [-0.2, -0.15) is 0 Å². The molecule has 0 spiro atoms. The van der Waals surface area contributed by atoms with E-state index < -0.39 is 0 Å². The molecule has 0 bridgehead atoms. The molecule has 2 amide bonds. The summed E-state index contributed by atoms with van der Waals surface area (Å²) in [5.41, 5.74) is 5.79. The zero-order valence-electron chi connectivity index (χ0n) is 11.7. The number of nitrogen functional groups attached to an aromatic ring is 1. The predicted octanol–water partition coefficient (Wildman–Crippen LogP) is 0.144. The molecule has 7 nitrogen and oxygen atoms in total. The SMILES string of the molecule is CN(C)C(=O)CNC(=O)c1sc(N2CCCC2)nc1N. The third-order valence-electron chi connectivity index (χ3n) is 3.12. The van der Waals surface area contributed by atoms with Crippen molar-refractivity contribution in [3.8, 4) is 0 Å². The Kier molecular flexibility index (Phi) is 4.43. The number of hydrogen-bond donors (Lipinski definition) is 2. The van der Waals surface area contributed by atoms with Gasteiger partial charge in [0.1, 0.15) is 10.7 Å². The lowest BCUT2D eigenvalue weighted by Crippen LogP contribution is -2.36. The summed E-state index contributed by atoms with van der Waals surface area (Å²) in [6, 6.07) is 0. The van der Waals surface area contributed by atoms with E-state index >= 15 is 0 Å². The first kappa shape index (κ1) is 14.6. The maximum Gasteiger partial charge on any atom is 0.265 e. The van der Waals surface area contributed by atoms with Crippen LogP contribution in [0.3, 0.4) is 0 Å². The van der Waals surface area contributed by atoms with Crippen LogP contribution in [-0.4, -0.2) is 55.4 Å². The fraction of sp³-hybridized carbons (Fsp3) is 0.583. The number of aromatic nitrogens is 1. The molecule has 0 unspecified atom stereocenters. The maximum atomic E-state index is 12.0. The number of nitrogens with zero attached hydrogens (tertiary/aromatic N) is 3. The number of rotatable bonds is 4. The fourth-order valence-electron chi connectivity index (χ4n) is 1.92. The lowest BCUT2D eigenvalue weighted by atomic mass is 10.4. The molecule has 1 fully saturated rings. The first-order valence-corrected chi connectivity index (χ1v) is 7.30. The normalized spacial score (nSPS) is 14.4. The van der Waals surface area contributed by atoms with E-state index in [0.29, 0.717) is 4.88 Å². The van der Waals surface area contributed by atoms with Crippen LogP contribution in [-0.2, 0) is 4.79 Å². The second kappa shape index (κ2) is 6.08. The number of carbonyl (C=O) groups excluding carboxylic acids is 2. The van der Waals surface area contributed by atoms with Gasteiger partial charge in [-0.05, 0) is 12.8 Å². The van der Waals surface area contributed by atoms with E-state index in [9.17, 15) is 9.59 Å². The van der Waals surface area contributed by atoms with Gasteiger partial charge in [0.15, 0.2) is 5.13 Å². The number of likely N-dealkylation sites (N-methyl/N-ethyl adjacent to an activating group) is 1. The highest BCUT2D eigenvalue weighted by Gasteiger charge is 2.21. The molecule has 2 heterocycles. The number of carbonyl (C=O) groups is 2. The number of nitrogens with two attached hydrogens (primary N) is 1. The molecule has 110 valence electrons. The third-order valence-corrected chi connectivity index (χ3v) is 4.25. The van der Waals surface area contributed by atoms with Gasteiger partial charge in [-0.15, -0.1) is 0 Å². The largest absolute Gasteiger partial charge is 0.382 e. The fourth-order valence-corrected chi connectivity index (χ4v) is 2.87. The summed E-state index contributed by atoms with van der Waals surface area (Å²) in [5.74, 6) is -0.284. The van der Waals surface area contributed by atoms with Crippen molar-refractivity contribution in [1.82, 2.24) is 15.2 Å². The van der Waals surface area contributed by atoms with Crippen LogP contribution in [0.4, 0.5) is 10.9 Å². The second-order valence-electron chi connectivity index (χ2n) is 4.88. The molecule has 1 aliphatic heterocycles. The minimum Gasteiger partial charge on any atom is -0.382 e. The number of hydrogen-bond acceptors (Lipinski definition) is 6. The van der Waals surface area contributed by atoms with Crippen LogP contribution in [0.1, 0.15) is 22.5 Å². The van der Waals surface area contributed by atoms with Crippen molar-refractivity contribution in [2.24, 2.45) is 0 Å². The predicted molar refractivity (Wildman–Crippen MR) is 79.0 cm³/mol. The lowest BCUT2D eigenvalue weighted by molar-refractivity contribution is -0.127. The number of nitrogens with one attached hydrogen (secondary N) is 1. The first-order valence-electron chi connectivity index (χ1n) is 6.48. The van der Waals surface area contributed by atoms with Gasteiger partial charge in [0.05, 0.1) is 6.54 Å². The molecule has 1 aliphatic rings. The summed E-state index contributed by atoms with van der Waals surface area (Å²) in [4.78, 5) is 31.6. The highest BCUT2D eigenvalue weighted by Crippen LogP contribution is 2.30. The standard InChI is InChI=1S/C12H19N5O2S/c1-16(2)8(18)7-14-11(19)9-10(13)15-12(20-9)17-5-3-4-6-17/h3-7,13H2,1-2H3,(H,14,19). The minimum atomic E-state index is -0.347. The molecular formula is C12H19N5O2S. The lowest BCUT2D eigenvalue weighted by Gasteiger charge is -2.12. The smallest absolute Gasteiger partial charge is 0.265 e. The summed E-state index contributed by atoms with van der Waals surface area (Å²) in [6.07, 6.45) is 2.27. The zero-order chi connectivity index (χ0) is 14.7.